The number of hydrogen-bond acceptors (Lipinski definition) is 5. The Kier molecular flexibility index (Phi) is 4.65. The van der Waals surface area contributed by atoms with Gasteiger partial charge in [-0.25, -0.2) is 4.98 Å². The van der Waals surface area contributed by atoms with Gasteiger partial charge in [0.25, 0.3) is 0 Å². The maximum Gasteiger partial charge on any atom is 0.303 e. The van der Waals surface area contributed by atoms with Crippen molar-refractivity contribution < 1.29 is 23.8 Å². The standard InChI is InChI=1S/C18H16N2O5/c1-24-13-4-2-3-11(9-13)18-20-14-6-5-12(10-15(14)25-18)19-16(21)7-8-17(22)23/h2-6,9-10H,7-8H2,1H3,(H,19,21)(H,22,23). The molecule has 0 saturated carbocycles. The highest BCUT2D eigenvalue weighted by atomic mass is 16.5. The Balaban J connectivity index is 1.81. The highest BCUT2D eigenvalue weighted by molar-refractivity contribution is 5.94. The van der Waals surface area contributed by atoms with Crippen molar-refractivity contribution in [2.45, 2.75) is 12.8 Å². The summed E-state index contributed by atoms with van der Waals surface area (Å²) in [7, 11) is 1.59. The van der Waals surface area contributed by atoms with Gasteiger partial charge in [-0.05, 0) is 30.3 Å². The van der Waals surface area contributed by atoms with Crippen molar-refractivity contribution >= 4 is 28.7 Å². The smallest absolute Gasteiger partial charge is 0.303 e. The van der Waals surface area contributed by atoms with E-state index in [1.165, 1.54) is 0 Å². The molecule has 7 heteroatoms. The fourth-order valence-electron chi connectivity index (χ4n) is 2.33. The van der Waals surface area contributed by atoms with E-state index in [0.29, 0.717) is 28.4 Å². The van der Waals surface area contributed by atoms with Gasteiger partial charge in [0, 0.05) is 23.7 Å². The Morgan fingerprint density at radius 3 is 2.80 bits per heavy atom. The molecule has 1 heterocycles. The fourth-order valence-corrected chi connectivity index (χ4v) is 2.33. The molecule has 0 spiro atoms. The Hall–Kier alpha value is -3.35. The minimum atomic E-state index is -1.01. The highest BCUT2D eigenvalue weighted by Gasteiger charge is 2.11. The second kappa shape index (κ2) is 7.04. The van der Waals surface area contributed by atoms with E-state index >= 15 is 0 Å². The molecule has 0 aliphatic carbocycles. The predicted molar refractivity (Wildman–Crippen MR) is 91.5 cm³/mol. The molecule has 0 atom stereocenters. The summed E-state index contributed by atoms with van der Waals surface area (Å²) in [5.41, 5.74) is 2.48. The molecule has 1 aromatic heterocycles. The molecule has 0 aliphatic heterocycles. The number of nitrogens with one attached hydrogen (secondary N) is 1. The van der Waals surface area contributed by atoms with Crippen molar-refractivity contribution in [2.24, 2.45) is 0 Å². The molecule has 0 radical (unpaired) electrons. The van der Waals surface area contributed by atoms with Crippen LogP contribution in [0.5, 0.6) is 5.75 Å². The summed E-state index contributed by atoms with van der Waals surface area (Å²) in [6.07, 6.45) is -0.296. The van der Waals surface area contributed by atoms with Crippen molar-refractivity contribution in [3.63, 3.8) is 0 Å². The van der Waals surface area contributed by atoms with E-state index in [1.807, 2.05) is 24.3 Å². The second-order valence-electron chi connectivity index (χ2n) is 5.38. The Morgan fingerprint density at radius 2 is 2.04 bits per heavy atom. The number of aromatic nitrogens is 1. The number of methoxy groups -OCH3 is 1. The third-order valence-electron chi connectivity index (χ3n) is 3.55. The Morgan fingerprint density at radius 1 is 1.20 bits per heavy atom. The van der Waals surface area contributed by atoms with Crippen LogP contribution in [0.25, 0.3) is 22.6 Å². The van der Waals surface area contributed by atoms with Crippen LogP contribution >= 0.6 is 0 Å². The monoisotopic (exact) mass is 340 g/mol. The molecular formula is C18H16N2O5. The van der Waals surface area contributed by atoms with Crippen molar-refractivity contribution in [3.8, 4) is 17.2 Å². The first kappa shape index (κ1) is 16.5. The summed E-state index contributed by atoms with van der Waals surface area (Å²) >= 11 is 0. The lowest BCUT2D eigenvalue weighted by atomic mass is 10.2. The number of carboxylic acids is 1. The summed E-state index contributed by atoms with van der Waals surface area (Å²) in [5, 5.41) is 11.3. The zero-order chi connectivity index (χ0) is 17.8. The van der Waals surface area contributed by atoms with Crippen LogP contribution in [0.2, 0.25) is 0 Å². The number of amides is 1. The topological polar surface area (TPSA) is 102 Å². The van der Waals surface area contributed by atoms with Crippen LogP contribution < -0.4 is 10.1 Å². The van der Waals surface area contributed by atoms with Crippen LogP contribution in [0, 0.1) is 0 Å². The van der Waals surface area contributed by atoms with E-state index in [9.17, 15) is 9.59 Å². The molecule has 2 N–H and O–H groups in total. The van der Waals surface area contributed by atoms with Gasteiger partial charge in [0.15, 0.2) is 5.58 Å². The molecule has 128 valence electrons. The quantitative estimate of drug-likeness (QED) is 0.714. The molecule has 0 bridgehead atoms. The minimum absolute atomic E-state index is 0.0845. The molecule has 25 heavy (non-hydrogen) atoms. The number of ether oxygens (including phenoxy) is 1. The number of carbonyl (C=O) groups excluding carboxylic acids is 1. The lowest BCUT2D eigenvalue weighted by molar-refractivity contribution is -0.138. The maximum absolute atomic E-state index is 11.7. The number of aliphatic carboxylic acids is 1. The van der Waals surface area contributed by atoms with Crippen LogP contribution in [0.4, 0.5) is 5.69 Å². The summed E-state index contributed by atoms with van der Waals surface area (Å²) in [5.74, 6) is -0.229. The van der Waals surface area contributed by atoms with E-state index in [1.54, 1.807) is 25.3 Å². The van der Waals surface area contributed by atoms with Crippen LogP contribution in [-0.4, -0.2) is 29.1 Å². The number of fused-ring (bicyclic) bond motifs is 1. The summed E-state index contributed by atoms with van der Waals surface area (Å²) < 4.78 is 11.0. The zero-order valence-corrected chi connectivity index (χ0v) is 13.5. The zero-order valence-electron chi connectivity index (χ0n) is 13.5. The number of anilines is 1. The predicted octanol–water partition coefficient (Wildman–Crippen LogP) is 3.31. The first-order valence-electron chi connectivity index (χ1n) is 7.62. The number of carboxylic acid groups (broad SMARTS) is 1. The van der Waals surface area contributed by atoms with Crippen LogP contribution in [0.1, 0.15) is 12.8 Å². The molecule has 0 fully saturated rings. The van der Waals surface area contributed by atoms with Gasteiger partial charge in [0.05, 0.1) is 13.5 Å². The van der Waals surface area contributed by atoms with Crippen molar-refractivity contribution in [1.82, 2.24) is 4.98 Å². The van der Waals surface area contributed by atoms with Crippen LogP contribution in [0.15, 0.2) is 46.9 Å². The Bertz CT molecular complexity index is 932. The number of hydrogen-bond donors (Lipinski definition) is 2. The SMILES string of the molecule is COc1cccc(-c2nc3ccc(NC(=O)CCC(=O)O)cc3o2)c1. The molecule has 2 aromatic carbocycles. The second-order valence-corrected chi connectivity index (χ2v) is 5.38. The van der Waals surface area contributed by atoms with Gasteiger partial charge in [-0.2, -0.15) is 0 Å². The normalized spacial score (nSPS) is 10.6. The average molecular weight is 340 g/mol. The first-order valence-corrected chi connectivity index (χ1v) is 7.62. The van der Waals surface area contributed by atoms with Gasteiger partial charge in [-0.1, -0.05) is 6.07 Å². The first-order chi connectivity index (χ1) is 12.0. The lowest BCUT2D eigenvalue weighted by Crippen LogP contribution is -2.12. The summed E-state index contributed by atoms with van der Waals surface area (Å²) in [6, 6.07) is 12.4. The van der Waals surface area contributed by atoms with E-state index in [-0.39, 0.29) is 18.7 Å². The fraction of sp³-hybridized carbons (Fsp3) is 0.167. The third-order valence-corrected chi connectivity index (χ3v) is 3.55. The molecule has 0 saturated heterocycles. The molecular weight excluding hydrogens is 324 g/mol. The minimum Gasteiger partial charge on any atom is -0.497 e. The summed E-state index contributed by atoms with van der Waals surface area (Å²) in [6.45, 7) is 0. The number of rotatable bonds is 6. The van der Waals surface area contributed by atoms with Gasteiger partial charge < -0.3 is 19.6 Å². The van der Waals surface area contributed by atoms with Gasteiger partial charge in [0.2, 0.25) is 11.8 Å². The Labute approximate surface area is 143 Å². The number of benzene rings is 2. The molecule has 3 aromatic rings. The molecule has 1 amide bonds. The number of oxazole rings is 1. The van der Waals surface area contributed by atoms with Crippen molar-refractivity contribution in [2.75, 3.05) is 12.4 Å². The largest absolute Gasteiger partial charge is 0.497 e. The van der Waals surface area contributed by atoms with Gasteiger partial charge in [0.1, 0.15) is 11.3 Å². The highest BCUT2D eigenvalue weighted by Crippen LogP contribution is 2.28. The maximum atomic E-state index is 11.7. The van der Waals surface area contributed by atoms with Crippen LogP contribution in [0.3, 0.4) is 0 Å². The van der Waals surface area contributed by atoms with Crippen molar-refractivity contribution in [3.05, 3.63) is 42.5 Å². The van der Waals surface area contributed by atoms with Gasteiger partial charge in [-0.3, -0.25) is 9.59 Å². The average Bonchev–Trinajstić information content (AvgIpc) is 3.03. The van der Waals surface area contributed by atoms with E-state index in [2.05, 4.69) is 10.3 Å². The summed E-state index contributed by atoms with van der Waals surface area (Å²) in [4.78, 5) is 26.6. The molecule has 0 unspecified atom stereocenters. The number of nitrogens with zero attached hydrogens (tertiary/aromatic N) is 1. The molecule has 0 aliphatic rings. The molecule has 3 rings (SSSR count). The van der Waals surface area contributed by atoms with Crippen LogP contribution in [-0.2, 0) is 9.59 Å². The van der Waals surface area contributed by atoms with E-state index in [4.69, 9.17) is 14.3 Å². The molecule has 7 nitrogen and oxygen atoms in total. The van der Waals surface area contributed by atoms with E-state index in [0.717, 1.165) is 5.56 Å². The lowest BCUT2D eigenvalue weighted by Gasteiger charge is -2.03. The van der Waals surface area contributed by atoms with Crippen molar-refractivity contribution in [1.29, 1.82) is 0 Å². The third kappa shape index (κ3) is 3.95. The van der Waals surface area contributed by atoms with Gasteiger partial charge in [-0.15, -0.1) is 0 Å². The van der Waals surface area contributed by atoms with Gasteiger partial charge >= 0.3 is 5.97 Å². The number of carbonyl (C=O) groups is 2. The van der Waals surface area contributed by atoms with E-state index < -0.39 is 5.97 Å².